The molecule has 0 aliphatic carbocycles. The summed E-state index contributed by atoms with van der Waals surface area (Å²) in [5.41, 5.74) is 3.42. The van der Waals surface area contributed by atoms with Gasteiger partial charge in [-0.25, -0.2) is 9.67 Å². The molecule has 0 amide bonds. The molecule has 0 bridgehead atoms. The lowest BCUT2D eigenvalue weighted by Crippen LogP contribution is -1.98. The van der Waals surface area contributed by atoms with Crippen molar-refractivity contribution in [3.63, 3.8) is 0 Å². The summed E-state index contributed by atoms with van der Waals surface area (Å²) in [4.78, 5) is 4.64. The predicted molar refractivity (Wildman–Crippen MR) is 188 cm³/mol. The highest BCUT2D eigenvalue weighted by molar-refractivity contribution is 9.10. The summed E-state index contributed by atoms with van der Waals surface area (Å²) in [5.74, 6) is 1.74. The molecule has 0 saturated heterocycles. The number of aliphatic imine (C=N–C) groups is 1. The van der Waals surface area contributed by atoms with Gasteiger partial charge in [-0.2, -0.15) is 15.6 Å². The standard InChI is InChI=1S/C37H22BrCl2N5O2/c38-27-11-15-34(46-23-24-7-3-1-4-8-24)25(18-27)17-26(20-41)36-32(21-42)37(45(44-36)29-9-5-2-6-10-29)43-22-30-13-16-35(47-30)31-14-12-28(39)19-33(31)40/h1-19,22H,23H2/b26-17+,43-22+. The number of benzene rings is 4. The topological polar surface area (TPSA) is 100 Å². The minimum absolute atomic E-state index is 0.118. The van der Waals surface area contributed by atoms with Gasteiger partial charge in [-0.05, 0) is 72.3 Å². The molecule has 228 valence electrons. The number of nitriles is 2. The maximum absolute atomic E-state index is 10.4. The molecule has 47 heavy (non-hydrogen) atoms. The van der Waals surface area contributed by atoms with E-state index in [0.717, 1.165) is 10.0 Å². The molecule has 0 spiro atoms. The van der Waals surface area contributed by atoms with Crippen molar-refractivity contribution >= 4 is 62.8 Å². The quantitative estimate of drug-likeness (QED) is 0.109. The third-order valence-electron chi connectivity index (χ3n) is 7.00. The van der Waals surface area contributed by atoms with Gasteiger partial charge in [-0.1, -0.05) is 87.7 Å². The Kier molecular flexibility index (Phi) is 9.66. The van der Waals surface area contributed by atoms with Crippen LogP contribution in [0.1, 0.15) is 28.1 Å². The Morgan fingerprint density at radius 2 is 1.70 bits per heavy atom. The summed E-state index contributed by atoms with van der Waals surface area (Å²) in [6.07, 6.45) is 3.15. The molecule has 0 N–H and O–H groups in total. The van der Waals surface area contributed by atoms with Crippen LogP contribution in [0.25, 0.3) is 28.7 Å². The van der Waals surface area contributed by atoms with Gasteiger partial charge in [0.05, 0.1) is 22.5 Å². The third kappa shape index (κ3) is 7.22. The van der Waals surface area contributed by atoms with Crippen molar-refractivity contribution in [1.82, 2.24) is 9.78 Å². The molecule has 2 heterocycles. The molecule has 0 fully saturated rings. The molecule has 4 aromatic carbocycles. The molecule has 6 aromatic rings. The van der Waals surface area contributed by atoms with Crippen LogP contribution < -0.4 is 4.74 Å². The fourth-order valence-corrected chi connectivity index (χ4v) is 5.64. The Morgan fingerprint density at radius 3 is 2.43 bits per heavy atom. The number of hydrogen-bond acceptors (Lipinski definition) is 6. The number of aromatic nitrogens is 2. The number of nitrogens with zero attached hydrogens (tertiary/aromatic N) is 5. The first-order valence-corrected chi connectivity index (χ1v) is 15.7. The zero-order chi connectivity index (χ0) is 32.8. The van der Waals surface area contributed by atoms with Crippen LogP contribution in [0.2, 0.25) is 10.0 Å². The van der Waals surface area contributed by atoms with E-state index in [1.165, 1.54) is 10.9 Å². The Labute approximate surface area is 289 Å². The zero-order valence-electron chi connectivity index (χ0n) is 24.4. The number of rotatable bonds is 9. The van der Waals surface area contributed by atoms with E-state index in [1.54, 1.807) is 36.4 Å². The third-order valence-corrected chi connectivity index (χ3v) is 8.04. The predicted octanol–water partition coefficient (Wildman–Crippen LogP) is 10.5. The SMILES string of the molecule is N#C/C(=C\c1cc(Br)ccc1OCc1ccccc1)c1nn(-c2ccccc2)c(/N=C/c2ccc(-c3ccc(Cl)cc3Cl)o2)c1C#N. The van der Waals surface area contributed by atoms with E-state index in [2.05, 4.69) is 33.1 Å². The lowest BCUT2D eigenvalue weighted by molar-refractivity contribution is 0.305. The smallest absolute Gasteiger partial charge is 0.174 e. The Hall–Kier alpha value is -5.38. The molecule has 2 aromatic heterocycles. The van der Waals surface area contributed by atoms with Crippen molar-refractivity contribution in [3.05, 3.63) is 152 Å². The van der Waals surface area contributed by atoms with Gasteiger partial charge >= 0.3 is 0 Å². The van der Waals surface area contributed by atoms with Gasteiger partial charge in [0.1, 0.15) is 47.3 Å². The zero-order valence-corrected chi connectivity index (χ0v) is 27.5. The lowest BCUT2D eigenvalue weighted by Gasteiger charge is -2.10. The van der Waals surface area contributed by atoms with E-state index in [4.69, 9.17) is 37.5 Å². The molecule has 0 aliphatic heterocycles. The van der Waals surface area contributed by atoms with Gasteiger partial charge in [-0.3, -0.25) is 0 Å². The highest BCUT2D eigenvalue weighted by atomic mass is 79.9. The second-order valence-electron chi connectivity index (χ2n) is 10.1. The first-order chi connectivity index (χ1) is 22.9. The second-order valence-corrected chi connectivity index (χ2v) is 11.9. The molecule has 0 saturated carbocycles. The Bertz CT molecular complexity index is 2210. The van der Waals surface area contributed by atoms with Crippen LogP contribution in [0, 0.1) is 22.7 Å². The maximum atomic E-state index is 10.4. The van der Waals surface area contributed by atoms with Gasteiger partial charge in [0.25, 0.3) is 0 Å². The molecule has 0 atom stereocenters. The van der Waals surface area contributed by atoms with Crippen LogP contribution in [-0.4, -0.2) is 16.0 Å². The summed E-state index contributed by atoms with van der Waals surface area (Å²) >= 11 is 15.9. The highest BCUT2D eigenvalue weighted by Gasteiger charge is 2.22. The monoisotopic (exact) mass is 717 g/mol. The molecule has 0 unspecified atom stereocenters. The molecular formula is C37H22BrCl2N5O2. The summed E-state index contributed by atoms with van der Waals surface area (Å²) < 4.78 is 14.5. The molecule has 10 heteroatoms. The molecule has 0 aliphatic rings. The van der Waals surface area contributed by atoms with Crippen molar-refractivity contribution in [2.75, 3.05) is 0 Å². The van der Waals surface area contributed by atoms with Crippen LogP contribution >= 0.6 is 39.1 Å². The second kappa shape index (κ2) is 14.4. The normalized spacial score (nSPS) is 11.4. The lowest BCUT2D eigenvalue weighted by atomic mass is 10.1. The van der Waals surface area contributed by atoms with Gasteiger partial charge < -0.3 is 9.15 Å². The van der Waals surface area contributed by atoms with Gasteiger partial charge in [-0.15, -0.1) is 0 Å². The number of hydrogen-bond donors (Lipinski definition) is 0. The summed E-state index contributed by atoms with van der Waals surface area (Å²) in [5, 5.41) is 26.4. The van der Waals surface area contributed by atoms with E-state index < -0.39 is 0 Å². The molecule has 6 rings (SSSR count). The number of allylic oxidation sites excluding steroid dienone is 1. The van der Waals surface area contributed by atoms with E-state index in [9.17, 15) is 10.5 Å². The number of halogens is 3. The molecule has 0 radical (unpaired) electrons. The fraction of sp³-hybridized carbons (Fsp3) is 0.0270. The van der Waals surface area contributed by atoms with Crippen LogP contribution in [0.4, 0.5) is 5.82 Å². The average Bonchev–Trinajstić information content (AvgIpc) is 3.71. The van der Waals surface area contributed by atoms with E-state index in [-0.39, 0.29) is 22.6 Å². The van der Waals surface area contributed by atoms with Gasteiger partial charge in [0, 0.05) is 20.6 Å². The van der Waals surface area contributed by atoms with Crippen molar-refractivity contribution < 1.29 is 9.15 Å². The molecular weight excluding hydrogens is 697 g/mol. The number of ether oxygens (including phenoxy) is 1. The van der Waals surface area contributed by atoms with Crippen molar-refractivity contribution in [1.29, 1.82) is 10.5 Å². The maximum Gasteiger partial charge on any atom is 0.174 e. The van der Waals surface area contributed by atoms with Gasteiger partial charge in [0.2, 0.25) is 0 Å². The van der Waals surface area contributed by atoms with Crippen molar-refractivity contribution in [3.8, 4) is 34.9 Å². The van der Waals surface area contributed by atoms with E-state index in [0.29, 0.717) is 50.7 Å². The number of para-hydroxylation sites is 1. The highest BCUT2D eigenvalue weighted by Crippen LogP contribution is 2.34. The van der Waals surface area contributed by atoms with Crippen LogP contribution in [-0.2, 0) is 6.61 Å². The molecule has 7 nitrogen and oxygen atoms in total. The number of furan rings is 1. The minimum atomic E-state index is 0.118. The van der Waals surface area contributed by atoms with Crippen LogP contribution in [0.5, 0.6) is 5.75 Å². The first kappa shape index (κ1) is 31.6. The van der Waals surface area contributed by atoms with E-state index in [1.807, 2.05) is 78.9 Å². The minimum Gasteiger partial charge on any atom is -0.488 e. The van der Waals surface area contributed by atoms with Crippen LogP contribution in [0.15, 0.2) is 123 Å². The average molecular weight is 719 g/mol. The van der Waals surface area contributed by atoms with E-state index >= 15 is 0 Å². The summed E-state index contributed by atoms with van der Waals surface area (Å²) in [7, 11) is 0. The summed E-state index contributed by atoms with van der Waals surface area (Å²) in [6, 6.07) is 37.7. The Morgan fingerprint density at radius 1 is 0.936 bits per heavy atom. The Balaban J connectivity index is 1.40. The largest absolute Gasteiger partial charge is 0.488 e. The van der Waals surface area contributed by atoms with Crippen molar-refractivity contribution in [2.24, 2.45) is 4.99 Å². The van der Waals surface area contributed by atoms with Crippen LogP contribution in [0.3, 0.4) is 0 Å². The van der Waals surface area contributed by atoms with Gasteiger partial charge in [0.15, 0.2) is 5.82 Å². The van der Waals surface area contributed by atoms with Crippen molar-refractivity contribution in [2.45, 2.75) is 6.61 Å². The first-order valence-electron chi connectivity index (χ1n) is 14.2. The summed E-state index contributed by atoms with van der Waals surface area (Å²) in [6.45, 7) is 0.342. The fourth-order valence-electron chi connectivity index (χ4n) is 4.76.